The van der Waals surface area contributed by atoms with Crippen LogP contribution in [0.15, 0.2) is 11.0 Å². The Kier molecular flexibility index (Phi) is 2.21. The quantitative estimate of drug-likeness (QED) is 0.669. The maximum atomic E-state index is 12.5. The van der Waals surface area contributed by atoms with Crippen LogP contribution in [0.1, 0.15) is 23.3 Å². The molecule has 2 fully saturated rings. The number of nitrogens with zero attached hydrogens (tertiary/aromatic N) is 3. The molecule has 0 aliphatic carbocycles. The summed E-state index contributed by atoms with van der Waals surface area (Å²) >= 11 is 0. The molecule has 1 aromatic heterocycles. The van der Waals surface area contributed by atoms with Crippen molar-refractivity contribution in [3.05, 3.63) is 22.1 Å². The fraction of sp³-hybridized carbons (Fsp3) is 0.538. The van der Waals surface area contributed by atoms with Crippen molar-refractivity contribution >= 4 is 5.91 Å². The summed E-state index contributed by atoms with van der Waals surface area (Å²) in [4.78, 5) is 28.1. The monoisotopic (exact) mass is 277 g/mol. The molecule has 3 aliphatic rings. The van der Waals surface area contributed by atoms with Crippen molar-refractivity contribution in [2.45, 2.75) is 31.6 Å². The van der Waals surface area contributed by atoms with E-state index in [1.807, 2.05) is 0 Å². The number of rotatable bonds is 0. The molecule has 4 rings (SSSR count). The first kappa shape index (κ1) is 11.8. The lowest BCUT2D eigenvalue weighted by atomic mass is 10.1. The minimum atomic E-state index is -0.886. The predicted octanol–water partition coefficient (Wildman–Crippen LogP) is -0.481. The molecule has 1 aromatic rings. The lowest BCUT2D eigenvalue weighted by molar-refractivity contribution is 0.0514. The van der Waals surface area contributed by atoms with Crippen molar-refractivity contribution in [2.24, 2.45) is 0 Å². The van der Waals surface area contributed by atoms with Gasteiger partial charge in [-0.15, -0.1) is 0 Å². The highest BCUT2D eigenvalue weighted by Gasteiger charge is 2.47. The van der Waals surface area contributed by atoms with Crippen molar-refractivity contribution in [3.8, 4) is 11.5 Å². The normalized spacial score (nSPS) is 28.4. The van der Waals surface area contributed by atoms with Crippen LogP contribution in [0.4, 0.5) is 0 Å². The largest absolute Gasteiger partial charge is 0.503 e. The number of aromatic hydroxyl groups is 2. The first-order valence-corrected chi connectivity index (χ1v) is 6.80. The SMILES string of the molecule is O=C1c2c(O)c(=O)c(O)cn2C[C@@H]2N1CC1CCCN12. The molecule has 3 aliphatic heterocycles. The van der Waals surface area contributed by atoms with Crippen molar-refractivity contribution < 1.29 is 15.0 Å². The Morgan fingerprint density at radius 3 is 2.80 bits per heavy atom. The van der Waals surface area contributed by atoms with Crippen LogP contribution in [0.2, 0.25) is 0 Å². The number of hydrogen-bond acceptors (Lipinski definition) is 5. The average Bonchev–Trinajstić information content (AvgIpc) is 2.98. The summed E-state index contributed by atoms with van der Waals surface area (Å²) in [6.45, 7) is 2.09. The second-order valence-corrected chi connectivity index (χ2v) is 5.67. The van der Waals surface area contributed by atoms with Crippen LogP contribution in [-0.2, 0) is 6.54 Å². The third-order valence-corrected chi connectivity index (χ3v) is 4.63. The number of amides is 1. The van der Waals surface area contributed by atoms with Gasteiger partial charge in [0.15, 0.2) is 17.2 Å². The van der Waals surface area contributed by atoms with Crippen molar-refractivity contribution in [2.75, 3.05) is 13.1 Å². The van der Waals surface area contributed by atoms with Gasteiger partial charge < -0.3 is 19.7 Å². The van der Waals surface area contributed by atoms with E-state index in [-0.39, 0.29) is 17.8 Å². The first-order chi connectivity index (χ1) is 9.58. The van der Waals surface area contributed by atoms with Gasteiger partial charge in [-0.25, -0.2) is 0 Å². The maximum Gasteiger partial charge on any atom is 0.275 e. The summed E-state index contributed by atoms with van der Waals surface area (Å²) in [5.74, 6) is -1.51. The summed E-state index contributed by atoms with van der Waals surface area (Å²) in [6, 6.07) is 0.376. The van der Waals surface area contributed by atoms with Crippen molar-refractivity contribution in [3.63, 3.8) is 0 Å². The van der Waals surface area contributed by atoms with Crippen molar-refractivity contribution in [1.82, 2.24) is 14.4 Å². The van der Waals surface area contributed by atoms with E-state index in [1.54, 1.807) is 4.90 Å². The van der Waals surface area contributed by atoms with E-state index in [4.69, 9.17) is 0 Å². The highest BCUT2D eigenvalue weighted by atomic mass is 16.3. The average molecular weight is 277 g/mol. The molecule has 1 amide bonds. The zero-order chi connectivity index (χ0) is 14.0. The molecular weight excluding hydrogens is 262 g/mol. The number of hydrogen-bond donors (Lipinski definition) is 2. The molecule has 1 unspecified atom stereocenters. The Balaban J connectivity index is 1.84. The molecular formula is C13H15N3O4. The molecule has 0 spiro atoms. The predicted molar refractivity (Wildman–Crippen MR) is 68.6 cm³/mol. The Bertz CT molecular complexity index is 668. The van der Waals surface area contributed by atoms with Crippen LogP contribution >= 0.6 is 0 Å². The van der Waals surface area contributed by atoms with Gasteiger partial charge in [0.1, 0.15) is 6.17 Å². The zero-order valence-electron chi connectivity index (χ0n) is 10.8. The Hall–Kier alpha value is -2.02. The summed E-state index contributed by atoms with van der Waals surface area (Å²) in [5, 5.41) is 19.4. The minimum Gasteiger partial charge on any atom is -0.503 e. The summed E-state index contributed by atoms with van der Waals surface area (Å²) < 4.78 is 1.50. The van der Waals surface area contributed by atoms with E-state index in [9.17, 15) is 19.8 Å². The lowest BCUT2D eigenvalue weighted by Crippen LogP contribution is -2.50. The molecule has 20 heavy (non-hydrogen) atoms. The van der Waals surface area contributed by atoms with E-state index < -0.39 is 16.9 Å². The van der Waals surface area contributed by atoms with Gasteiger partial charge in [0, 0.05) is 19.1 Å². The summed E-state index contributed by atoms with van der Waals surface area (Å²) in [5.41, 5.74) is -0.895. The topological polar surface area (TPSA) is 86.0 Å². The molecule has 4 heterocycles. The highest BCUT2D eigenvalue weighted by molar-refractivity contribution is 5.96. The fourth-order valence-corrected chi connectivity index (χ4v) is 3.71. The highest BCUT2D eigenvalue weighted by Crippen LogP contribution is 2.35. The van der Waals surface area contributed by atoms with Crippen LogP contribution < -0.4 is 5.43 Å². The number of pyridine rings is 1. The molecule has 2 atom stereocenters. The molecule has 7 heteroatoms. The Labute approximate surface area is 114 Å². The van der Waals surface area contributed by atoms with Crippen LogP contribution in [-0.4, -0.2) is 55.8 Å². The van der Waals surface area contributed by atoms with Crippen molar-refractivity contribution in [1.29, 1.82) is 0 Å². The maximum absolute atomic E-state index is 12.5. The fourth-order valence-electron chi connectivity index (χ4n) is 3.71. The summed E-state index contributed by atoms with van der Waals surface area (Å²) in [6.07, 6.45) is 3.42. The minimum absolute atomic E-state index is 0.00905. The van der Waals surface area contributed by atoms with Gasteiger partial charge in [-0.1, -0.05) is 0 Å². The second kappa shape index (κ2) is 3.76. The third-order valence-electron chi connectivity index (χ3n) is 4.63. The molecule has 7 nitrogen and oxygen atoms in total. The molecule has 0 saturated carbocycles. The van der Waals surface area contributed by atoms with Gasteiger partial charge in [-0.05, 0) is 12.8 Å². The van der Waals surface area contributed by atoms with Gasteiger partial charge in [0.2, 0.25) is 0 Å². The molecule has 2 saturated heterocycles. The zero-order valence-corrected chi connectivity index (χ0v) is 10.8. The van der Waals surface area contributed by atoms with Gasteiger partial charge in [0.05, 0.1) is 12.7 Å². The van der Waals surface area contributed by atoms with E-state index in [2.05, 4.69) is 4.90 Å². The van der Waals surface area contributed by atoms with Crippen LogP contribution in [0.25, 0.3) is 0 Å². The molecule has 106 valence electrons. The van der Waals surface area contributed by atoms with Gasteiger partial charge >= 0.3 is 0 Å². The molecule has 2 N–H and O–H groups in total. The second-order valence-electron chi connectivity index (χ2n) is 5.67. The lowest BCUT2D eigenvalue weighted by Gasteiger charge is -2.35. The van der Waals surface area contributed by atoms with E-state index in [0.29, 0.717) is 19.1 Å². The van der Waals surface area contributed by atoms with E-state index >= 15 is 0 Å². The number of carbonyl (C=O) groups excluding carboxylic acids is 1. The standard InChI is InChI=1S/C13H15N3O4/c17-8-5-14-6-9-15-3-1-2-7(15)4-16(9)13(20)10(14)12(19)11(8)18/h5,7,9,17,19H,1-4,6H2/t7?,9-/m0/s1. The number of aromatic nitrogens is 1. The summed E-state index contributed by atoms with van der Waals surface area (Å²) in [7, 11) is 0. The van der Waals surface area contributed by atoms with Gasteiger partial charge in [-0.2, -0.15) is 0 Å². The van der Waals surface area contributed by atoms with Crippen LogP contribution in [0.5, 0.6) is 11.5 Å². The first-order valence-electron chi connectivity index (χ1n) is 6.80. The van der Waals surface area contributed by atoms with E-state index in [1.165, 1.54) is 10.8 Å². The van der Waals surface area contributed by atoms with Crippen LogP contribution in [0.3, 0.4) is 0 Å². The number of carbonyl (C=O) groups is 1. The van der Waals surface area contributed by atoms with Crippen LogP contribution in [0, 0.1) is 0 Å². The molecule has 0 radical (unpaired) electrons. The Morgan fingerprint density at radius 1 is 1.20 bits per heavy atom. The van der Waals surface area contributed by atoms with E-state index in [0.717, 1.165) is 19.4 Å². The molecule has 0 bridgehead atoms. The van der Waals surface area contributed by atoms with Gasteiger partial charge in [0.25, 0.3) is 11.3 Å². The smallest absolute Gasteiger partial charge is 0.275 e. The molecule has 0 aromatic carbocycles. The van der Waals surface area contributed by atoms with Gasteiger partial charge in [-0.3, -0.25) is 14.5 Å². The Morgan fingerprint density at radius 2 is 2.00 bits per heavy atom. The third kappa shape index (κ3) is 1.33. The number of fused-ring (bicyclic) bond motifs is 4.